The van der Waals surface area contributed by atoms with Gasteiger partial charge in [0.2, 0.25) is 0 Å². The zero-order chi connectivity index (χ0) is 15.8. The van der Waals surface area contributed by atoms with E-state index < -0.39 is 0 Å². The van der Waals surface area contributed by atoms with Gasteiger partial charge in [-0.2, -0.15) is 5.26 Å². The number of amides is 1. The van der Waals surface area contributed by atoms with E-state index in [4.69, 9.17) is 0 Å². The number of rotatable bonds is 5. The van der Waals surface area contributed by atoms with Crippen molar-refractivity contribution in [2.45, 2.75) is 13.3 Å². The van der Waals surface area contributed by atoms with E-state index in [1.54, 1.807) is 12.1 Å². The van der Waals surface area contributed by atoms with Crippen LogP contribution < -0.4 is 5.32 Å². The third kappa shape index (κ3) is 4.07. The van der Waals surface area contributed by atoms with Gasteiger partial charge >= 0.3 is 0 Å². The maximum absolute atomic E-state index is 11.9. The molecule has 0 bridgehead atoms. The minimum absolute atomic E-state index is 0.116. The average Bonchev–Trinajstić information content (AvgIpc) is 2.59. The molecule has 0 saturated carbocycles. The van der Waals surface area contributed by atoms with Crippen molar-refractivity contribution in [3.05, 3.63) is 77.4 Å². The normalized spacial score (nSPS) is 11.3. The molecule has 0 unspecified atom stereocenters. The van der Waals surface area contributed by atoms with Crippen LogP contribution in [0.5, 0.6) is 0 Å². The van der Waals surface area contributed by atoms with Gasteiger partial charge in [-0.05, 0) is 30.2 Å². The molecule has 0 radical (unpaired) electrons. The largest absolute Gasteiger partial charge is 0.352 e. The number of nitrogens with one attached hydrogen (secondary N) is 1. The predicted molar refractivity (Wildman–Crippen MR) is 88.0 cm³/mol. The molecule has 0 spiro atoms. The van der Waals surface area contributed by atoms with Gasteiger partial charge in [-0.1, -0.05) is 48.5 Å². The number of hydrogen-bond donors (Lipinski definition) is 1. The first-order valence-electron chi connectivity index (χ1n) is 7.21. The fourth-order valence-electron chi connectivity index (χ4n) is 2.18. The molecule has 2 aromatic rings. The van der Waals surface area contributed by atoms with E-state index in [0.717, 1.165) is 11.1 Å². The summed E-state index contributed by atoms with van der Waals surface area (Å²) >= 11 is 0. The lowest BCUT2D eigenvalue weighted by Gasteiger charge is -2.08. The van der Waals surface area contributed by atoms with E-state index in [9.17, 15) is 10.1 Å². The van der Waals surface area contributed by atoms with E-state index in [0.29, 0.717) is 24.1 Å². The zero-order valence-electron chi connectivity index (χ0n) is 12.5. The minimum atomic E-state index is -0.116. The highest BCUT2D eigenvalue weighted by Gasteiger charge is 2.07. The van der Waals surface area contributed by atoms with Crippen molar-refractivity contribution in [1.82, 2.24) is 5.32 Å². The molecule has 3 heteroatoms. The molecule has 0 atom stereocenters. The number of carbonyl (C=O) groups is 1. The van der Waals surface area contributed by atoms with Crippen LogP contribution in [-0.4, -0.2) is 12.5 Å². The molecule has 0 fully saturated rings. The van der Waals surface area contributed by atoms with Gasteiger partial charge in [0.25, 0.3) is 5.91 Å². The fraction of sp³-hybridized carbons (Fsp3) is 0.158. The fourth-order valence-corrected chi connectivity index (χ4v) is 2.18. The Morgan fingerprint density at radius 1 is 1.00 bits per heavy atom. The number of hydrogen-bond acceptors (Lipinski definition) is 2. The van der Waals surface area contributed by atoms with E-state index in [2.05, 4.69) is 11.4 Å². The lowest BCUT2D eigenvalue weighted by Crippen LogP contribution is -2.24. The standard InChI is InChI=1S/C19H18N2O/c1-15(16-8-4-2-5-9-16)18(14-20)12-13-21-19(22)17-10-6-3-7-11-17/h2-11H,12-13H2,1H3,(H,21,22)/b18-15-. The predicted octanol–water partition coefficient (Wildman–Crippen LogP) is 3.80. The van der Waals surface area contributed by atoms with Gasteiger partial charge in [-0.15, -0.1) is 0 Å². The molecule has 110 valence electrons. The second-order valence-corrected chi connectivity index (χ2v) is 4.95. The lowest BCUT2D eigenvalue weighted by molar-refractivity contribution is 0.0954. The molecule has 2 rings (SSSR count). The van der Waals surface area contributed by atoms with Gasteiger partial charge in [0.05, 0.1) is 6.07 Å². The van der Waals surface area contributed by atoms with Gasteiger partial charge in [0.15, 0.2) is 0 Å². The Labute approximate surface area is 130 Å². The van der Waals surface area contributed by atoms with E-state index in [1.807, 2.05) is 55.5 Å². The van der Waals surface area contributed by atoms with E-state index >= 15 is 0 Å². The molecule has 0 aliphatic rings. The summed E-state index contributed by atoms with van der Waals surface area (Å²) in [7, 11) is 0. The summed E-state index contributed by atoms with van der Waals surface area (Å²) in [5.41, 5.74) is 3.31. The number of carbonyl (C=O) groups excluding carboxylic acids is 1. The van der Waals surface area contributed by atoms with Crippen LogP contribution in [0.15, 0.2) is 66.2 Å². The van der Waals surface area contributed by atoms with Crippen LogP contribution in [0.25, 0.3) is 5.57 Å². The second kappa shape index (κ2) is 7.80. The molecule has 1 amide bonds. The molecule has 22 heavy (non-hydrogen) atoms. The average molecular weight is 290 g/mol. The Bertz CT molecular complexity index is 697. The summed E-state index contributed by atoms with van der Waals surface area (Å²) < 4.78 is 0. The molecule has 0 aliphatic heterocycles. The van der Waals surface area contributed by atoms with Crippen molar-refractivity contribution in [1.29, 1.82) is 5.26 Å². The number of benzene rings is 2. The van der Waals surface area contributed by atoms with Gasteiger partial charge in [-0.3, -0.25) is 4.79 Å². The SMILES string of the molecule is C/C(=C(/C#N)CCNC(=O)c1ccccc1)c1ccccc1. The van der Waals surface area contributed by atoms with Gasteiger partial charge in [0.1, 0.15) is 0 Å². The van der Waals surface area contributed by atoms with Crippen LogP contribution in [0.2, 0.25) is 0 Å². The Balaban J connectivity index is 1.98. The van der Waals surface area contributed by atoms with Gasteiger partial charge in [-0.25, -0.2) is 0 Å². The van der Waals surface area contributed by atoms with Crippen LogP contribution in [-0.2, 0) is 0 Å². The van der Waals surface area contributed by atoms with Crippen molar-refractivity contribution in [3.8, 4) is 6.07 Å². The molecule has 3 nitrogen and oxygen atoms in total. The second-order valence-electron chi connectivity index (χ2n) is 4.95. The summed E-state index contributed by atoms with van der Waals surface area (Å²) in [5, 5.41) is 12.2. The molecule has 2 aromatic carbocycles. The van der Waals surface area contributed by atoms with Crippen molar-refractivity contribution in [3.63, 3.8) is 0 Å². The molecular formula is C19H18N2O. The smallest absolute Gasteiger partial charge is 0.251 e. The highest BCUT2D eigenvalue weighted by Crippen LogP contribution is 2.19. The first kappa shape index (κ1) is 15.5. The molecule has 1 N–H and O–H groups in total. The molecule has 0 heterocycles. The van der Waals surface area contributed by atoms with Crippen LogP contribution in [0, 0.1) is 11.3 Å². The Kier molecular flexibility index (Phi) is 5.50. The van der Waals surface area contributed by atoms with Crippen molar-refractivity contribution >= 4 is 11.5 Å². The number of allylic oxidation sites excluding steroid dienone is 1. The van der Waals surface area contributed by atoms with Crippen LogP contribution in [0.3, 0.4) is 0 Å². The number of nitrogens with zero attached hydrogens (tertiary/aromatic N) is 1. The highest BCUT2D eigenvalue weighted by molar-refractivity contribution is 5.94. The Morgan fingerprint density at radius 2 is 1.55 bits per heavy atom. The first-order chi connectivity index (χ1) is 10.7. The maximum Gasteiger partial charge on any atom is 0.251 e. The Morgan fingerprint density at radius 3 is 2.09 bits per heavy atom. The molecule has 0 aromatic heterocycles. The van der Waals surface area contributed by atoms with Crippen molar-refractivity contribution in [2.24, 2.45) is 0 Å². The van der Waals surface area contributed by atoms with E-state index in [1.165, 1.54) is 0 Å². The minimum Gasteiger partial charge on any atom is -0.352 e. The van der Waals surface area contributed by atoms with Crippen LogP contribution in [0.4, 0.5) is 0 Å². The molecule has 0 aliphatic carbocycles. The number of nitriles is 1. The zero-order valence-corrected chi connectivity index (χ0v) is 12.5. The topological polar surface area (TPSA) is 52.9 Å². The van der Waals surface area contributed by atoms with Gasteiger partial charge < -0.3 is 5.32 Å². The third-order valence-corrected chi connectivity index (χ3v) is 3.49. The lowest BCUT2D eigenvalue weighted by atomic mass is 10.00. The van der Waals surface area contributed by atoms with E-state index in [-0.39, 0.29) is 5.91 Å². The summed E-state index contributed by atoms with van der Waals surface area (Å²) in [5.74, 6) is -0.116. The summed E-state index contributed by atoms with van der Waals surface area (Å²) in [4.78, 5) is 11.9. The third-order valence-electron chi connectivity index (χ3n) is 3.49. The molecule has 0 saturated heterocycles. The summed E-state index contributed by atoms with van der Waals surface area (Å²) in [6.07, 6.45) is 0.524. The maximum atomic E-state index is 11.9. The van der Waals surface area contributed by atoms with Crippen molar-refractivity contribution < 1.29 is 4.79 Å². The quantitative estimate of drug-likeness (QED) is 0.851. The van der Waals surface area contributed by atoms with Crippen molar-refractivity contribution in [2.75, 3.05) is 6.54 Å². The molecular weight excluding hydrogens is 272 g/mol. The summed E-state index contributed by atoms with van der Waals surface area (Å²) in [6.45, 7) is 2.38. The summed E-state index contributed by atoms with van der Waals surface area (Å²) in [6, 6.07) is 21.1. The monoisotopic (exact) mass is 290 g/mol. The van der Waals surface area contributed by atoms with Crippen LogP contribution in [0.1, 0.15) is 29.3 Å². The highest BCUT2D eigenvalue weighted by atomic mass is 16.1. The van der Waals surface area contributed by atoms with Gasteiger partial charge in [0, 0.05) is 24.1 Å². The first-order valence-corrected chi connectivity index (χ1v) is 7.21. The van der Waals surface area contributed by atoms with Crippen LogP contribution >= 0.6 is 0 Å². The Hall–Kier alpha value is -2.86.